The molecular weight excluding hydrogens is 313 g/mol. The van der Waals surface area contributed by atoms with Gasteiger partial charge in [0.25, 0.3) is 0 Å². The van der Waals surface area contributed by atoms with E-state index in [-0.39, 0.29) is 5.91 Å². The molecule has 7 heteroatoms. The molecule has 2 rings (SSSR count). The van der Waals surface area contributed by atoms with E-state index in [1.54, 1.807) is 25.3 Å². The number of alkyl halides is 3. The van der Waals surface area contributed by atoms with Crippen LogP contribution in [0.2, 0.25) is 0 Å². The van der Waals surface area contributed by atoms with Gasteiger partial charge in [0, 0.05) is 17.0 Å². The van der Waals surface area contributed by atoms with Gasteiger partial charge in [0.2, 0.25) is 5.91 Å². The molecule has 0 fully saturated rings. The van der Waals surface area contributed by atoms with Crippen molar-refractivity contribution in [1.82, 2.24) is 4.98 Å². The van der Waals surface area contributed by atoms with Crippen molar-refractivity contribution < 1.29 is 18.0 Å². The first-order valence-corrected chi connectivity index (χ1v) is 7.23. The maximum atomic E-state index is 12.7. The number of carbonyl (C=O) groups is 1. The molecule has 1 aromatic heterocycles. The first-order valence-electron chi connectivity index (χ1n) is 6.35. The molecule has 0 aliphatic rings. The quantitative estimate of drug-likeness (QED) is 0.828. The lowest BCUT2D eigenvalue weighted by molar-refractivity contribution is -0.137. The smallest absolute Gasteiger partial charge is 0.298 e. The predicted octanol–water partition coefficient (Wildman–Crippen LogP) is 4.73. The number of hydrogen-bond donors (Lipinski definition) is 1. The lowest BCUT2D eigenvalue weighted by Crippen LogP contribution is -2.08. The molecule has 0 aliphatic carbocycles. The summed E-state index contributed by atoms with van der Waals surface area (Å²) in [7, 11) is 0. The predicted molar refractivity (Wildman–Crippen MR) is 80.6 cm³/mol. The van der Waals surface area contributed by atoms with E-state index in [0.717, 1.165) is 29.0 Å². The van der Waals surface area contributed by atoms with Crippen LogP contribution in [0.15, 0.2) is 41.3 Å². The summed E-state index contributed by atoms with van der Waals surface area (Å²) < 4.78 is 38.1. The van der Waals surface area contributed by atoms with E-state index >= 15 is 0 Å². The van der Waals surface area contributed by atoms with E-state index in [9.17, 15) is 18.0 Å². The molecule has 22 heavy (non-hydrogen) atoms. The number of nitrogens with one attached hydrogen (secondary N) is 1. The van der Waals surface area contributed by atoms with Gasteiger partial charge in [-0.25, -0.2) is 4.98 Å². The molecule has 2 aromatic rings. The minimum atomic E-state index is -4.40. The second kappa shape index (κ2) is 6.31. The van der Waals surface area contributed by atoms with Crippen molar-refractivity contribution in [2.75, 3.05) is 5.32 Å². The maximum absolute atomic E-state index is 12.7. The Morgan fingerprint density at radius 2 is 2.05 bits per heavy atom. The van der Waals surface area contributed by atoms with Crippen molar-refractivity contribution in [2.24, 2.45) is 0 Å². The highest BCUT2D eigenvalue weighted by molar-refractivity contribution is 7.14. The Morgan fingerprint density at radius 1 is 1.32 bits per heavy atom. The number of amides is 1. The van der Waals surface area contributed by atoms with Crippen molar-refractivity contribution in [3.8, 4) is 11.3 Å². The third-order valence-corrected chi connectivity index (χ3v) is 3.40. The monoisotopic (exact) mass is 326 g/mol. The third kappa shape index (κ3) is 4.17. The maximum Gasteiger partial charge on any atom is 0.416 e. The fraction of sp³-hybridized carbons (Fsp3) is 0.200. The molecule has 116 valence electrons. The summed E-state index contributed by atoms with van der Waals surface area (Å²) in [5.74, 6) is -0.315. The Labute approximate surface area is 129 Å². The van der Waals surface area contributed by atoms with Gasteiger partial charge in [0.05, 0.1) is 11.3 Å². The Morgan fingerprint density at radius 3 is 2.68 bits per heavy atom. The van der Waals surface area contributed by atoms with Gasteiger partial charge >= 0.3 is 6.18 Å². The summed E-state index contributed by atoms with van der Waals surface area (Å²) in [5, 5.41) is 4.53. The number of allylic oxidation sites excluding steroid dienone is 1. The van der Waals surface area contributed by atoms with Crippen LogP contribution in [0.1, 0.15) is 19.4 Å². The van der Waals surface area contributed by atoms with Gasteiger partial charge in [-0.3, -0.25) is 10.1 Å². The van der Waals surface area contributed by atoms with Gasteiger partial charge in [-0.15, -0.1) is 11.3 Å². The Kier molecular flexibility index (Phi) is 4.65. The average molecular weight is 326 g/mol. The number of carbonyl (C=O) groups excluding carboxylic acids is 1. The highest BCUT2D eigenvalue weighted by atomic mass is 32.1. The normalized spacial score (nSPS) is 11.1. The Hall–Kier alpha value is -2.15. The number of nitrogens with zero attached hydrogens (tertiary/aromatic N) is 1. The highest BCUT2D eigenvalue weighted by Crippen LogP contribution is 2.33. The molecule has 1 heterocycles. The van der Waals surface area contributed by atoms with E-state index in [4.69, 9.17) is 0 Å². The largest absolute Gasteiger partial charge is 0.416 e. The number of thiazole rings is 1. The lowest BCUT2D eigenvalue weighted by Gasteiger charge is -2.07. The SMILES string of the molecule is CC(C)=CC(=O)Nc1nc(-c2cccc(C(F)(F)F)c2)cs1. The van der Waals surface area contributed by atoms with Crippen LogP contribution in [-0.4, -0.2) is 10.9 Å². The van der Waals surface area contributed by atoms with E-state index in [0.29, 0.717) is 16.4 Å². The topological polar surface area (TPSA) is 42.0 Å². The van der Waals surface area contributed by atoms with Gasteiger partial charge in [-0.05, 0) is 26.0 Å². The fourth-order valence-corrected chi connectivity index (χ4v) is 2.44. The van der Waals surface area contributed by atoms with E-state index in [2.05, 4.69) is 10.3 Å². The number of anilines is 1. The zero-order valence-electron chi connectivity index (χ0n) is 11.9. The number of rotatable bonds is 3. The molecule has 0 atom stereocenters. The summed E-state index contributed by atoms with van der Waals surface area (Å²) in [5.41, 5.74) is 0.859. The average Bonchev–Trinajstić information content (AvgIpc) is 2.85. The second-order valence-corrected chi connectivity index (χ2v) is 5.69. The van der Waals surface area contributed by atoms with E-state index in [1.165, 1.54) is 12.1 Å². The molecule has 1 amide bonds. The molecule has 0 bridgehead atoms. The van der Waals surface area contributed by atoms with Gasteiger partial charge in [0.1, 0.15) is 0 Å². The first kappa shape index (κ1) is 16.2. The number of halogens is 3. The van der Waals surface area contributed by atoms with Gasteiger partial charge in [-0.1, -0.05) is 17.7 Å². The Balaban J connectivity index is 2.22. The van der Waals surface area contributed by atoms with Crippen LogP contribution >= 0.6 is 11.3 Å². The van der Waals surface area contributed by atoms with E-state index < -0.39 is 11.7 Å². The van der Waals surface area contributed by atoms with Crippen LogP contribution < -0.4 is 5.32 Å². The molecule has 1 N–H and O–H groups in total. The molecule has 0 aliphatic heterocycles. The third-order valence-electron chi connectivity index (χ3n) is 2.64. The molecular formula is C15H13F3N2OS. The van der Waals surface area contributed by atoms with Crippen LogP contribution in [0.4, 0.5) is 18.3 Å². The van der Waals surface area contributed by atoms with Crippen LogP contribution in [0.3, 0.4) is 0 Å². The van der Waals surface area contributed by atoms with Crippen LogP contribution in [-0.2, 0) is 11.0 Å². The minimum Gasteiger partial charge on any atom is -0.298 e. The van der Waals surface area contributed by atoms with Crippen LogP contribution in [0, 0.1) is 0 Å². The Bertz CT molecular complexity index is 716. The molecule has 3 nitrogen and oxygen atoms in total. The van der Waals surface area contributed by atoms with Crippen molar-refractivity contribution >= 4 is 22.4 Å². The number of hydrogen-bond acceptors (Lipinski definition) is 3. The van der Waals surface area contributed by atoms with Crippen LogP contribution in [0.25, 0.3) is 11.3 Å². The summed E-state index contributed by atoms with van der Waals surface area (Å²) in [6, 6.07) is 4.93. The van der Waals surface area contributed by atoms with Crippen molar-refractivity contribution in [3.63, 3.8) is 0 Å². The first-order chi connectivity index (χ1) is 10.3. The zero-order chi connectivity index (χ0) is 16.3. The summed E-state index contributed by atoms with van der Waals surface area (Å²) in [6.45, 7) is 3.57. The molecule has 0 saturated heterocycles. The van der Waals surface area contributed by atoms with Crippen molar-refractivity contribution in [2.45, 2.75) is 20.0 Å². The van der Waals surface area contributed by atoms with Crippen LogP contribution in [0.5, 0.6) is 0 Å². The van der Waals surface area contributed by atoms with E-state index in [1.807, 2.05) is 0 Å². The van der Waals surface area contributed by atoms with Crippen molar-refractivity contribution in [3.05, 3.63) is 46.9 Å². The highest BCUT2D eigenvalue weighted by Gasteiger charge is 2.30. The summed E-state index contributed by atoms with van der Waals surface area (Å²) >= 11 is 1.16. The molecule has 0 radical (unpaired) electrons. The molecule has 0 unspecified atom stereocenters. The summed E-state index contributed by atoms with van der Waals surface area (Å²) in [4.78, 5) is 15.7. The molecule has 1 aromatic carbocycles. The van der Waals surface area contributed by atoms with Crippen molar-refractivity contribution in [1.29, 1.82) is 0 Å². The van der Waals surface area contributed by atoms with Gasteiger partial charge in [0.15, 0.2) is 5.13 Å². The number of benzene rings is 1. The van der Waals surface area contributed by atoms with Gasteiger partial charge < -0.3 is 0 Å². The van der Waals surface area contributed by atoms with Gasteiger partial charge in [-0.2, -0.15) is 13.2 Å². The molecule has 0 saturated carbocycles. The lowest BCUT2D eigenvalue weighted by atomic mass is 10.1. The standard InChI is InChI=1S/C15H13F3N2OS/c1-9(2)6-13(21)20-14-19-12(8-22-14)10-4-3-5-11(7-10)15(16,17)18/h3-8H,1-2H3,(H,19,20,21). The zero-order valence-corrected chi connectivity index (χ0v) is 12.7. The number of aromatic nitrogens is 1. The molecule has 0 spiro atoms. The fourth-order valence-electron chi connectivity index (χ4n) is 1.72. The summed E-state index contributed by atoms with van der Waals surface area (Å²) in [6.07, 6.45) is -2.97. The second-order valence-electron chi connectivity index (χ2n) is 4.83. The minimum absolute atomic E-state index is 0.315.